The molecule has 21 heavy (non-hydrogen) atoms. The number of nitrogens with zero attached hydrogens (tertiary/aromatic N) is 1. The summed E-state index contributed by atoms with van der Waals surface area (Å²) < 4.78 is 0.517. The highest BCUT2D eigenvalue weighted by atomic mass is 79.9. The first-order valence-corrected chi connectivity index (χ1v) is 7.57. The Morgan fingerprint density at radius 1 is 1.33 bits per heavy atom. The lowest BCUT2D eigenvalue weighted by molar-refractivity contribution is 0.0905. The highest BCUT2D eigenvalue weighted by molar-refractivity contribution is 9.10. The number of nitrogens with two attached hydrogens (primary N) is 1. The Balaban J connectivity index is 2.23. The van der Waals surface area contributed by atoms with Crippen molar-refractivity contribution in [2.75, 3.05) is 0 Å². The molecule has 0 aromatic heterocycles. The van der Waals surface area contributed by atoms with Gasteiger partial charge in [0.2, 0.25) is 0 Å². The lowest BCUT2D eigenvalue weighted by Crippen LogP contribution is -2.58. The van der Waals surface area contributed by atoms with E-state index in [1.807, 2.05) is 0 Å². The molecule has 1 fully saturated rings. The van der Waals surface area contributed by atoms with Gasteiger partial charge < -0.3 is 21.4 Å². The van der Waals surface area contributed by atoms with Crippen LogP contribution in [-0.2, 0) is 0 Å². The normalized spacial score (nSPS) is 18.2. The molecule has 0 heterocycles. The highest BCUT2D eigenvalue weighted by Gasteiger charge is 2.38. The molecule has 1 aromatic carbocycles. The van der Waals surface area contributed by atoms with Gasteiger partial charge in [-0.15, -0.1) is 0 Å². The Labute approximate surface area is 131 Å². The molecule has 0 saturated heterocycles. The van der Waals surface area contributed by atoms with Gasteiger partial charge in [0.05, 0.1) is 4.47 Å². The minimum Gasteiger partial charge on any atom is -0.507 e. The molecule has 1 aliphatic carbocycles. The van der Waals surface area contributed by atoms with Crippen molar-refractivity contribution in [3.8, 4) is 5.75 Å². The van der Waals surface area contributed by atoms with Gasteiger partial charge in [-0.05, 0) is 47.0 Å². The lowest BCUT2D eigenvalue weighted by Gasteiger charge is -2.36. The summed E-state index contributed by atoms with van der Waals surface area (Å²) in [6.45, 7) is 0. The third kappa shape index (κ3) is 3.29. The van der Waals surface area contributed by atoms with Gasteiger partial charge >= 0.3 is 0 Å². The van der Waals surface area contributed by atoms with Crippen molar-refractivity contribution >= 4 is 27.7 Å². The number of rotatable bonds is 3. The number of carbonyl (C=O) groups is 1. The quantitative estimate of drug-likeness (QED) is 0.288. The van der Waals surface area contributed by atoms with Crippen molar-refractivity contribution < 1.29 is 15.1 Å². The van der Waals surface area contributed by atoms with Gasteiger partial charge in [-0.25, -0.2) is 0 Å². The van der Waals surface area contributed by atoms with Crippen LogP contribution in [0.5, 0.6) is 5.75 Å². The molecule has 0 spiro atoms. The summed E-state index contributed by atoms with van der Waals surface area (Å²) in [6.07, 6.45) is 4.15. The second-order valence-electron chi connectivity index (χ2n) is 5.25. The SMILES string of the molecule is N/C(=N/O)C1(NC(=O)c2ccc(Br)c(O)c2)CCCCC1. The van der Waals surface area contributed by atoms with Gasteiger partial charge in [0.15, 0.2) is 5.84 Å². The second-order valence-corrected chi connectivity index (χ2v) is 6.10. The highest BCUT2D eigenvalue weighted by Crippen LogP contribution is 2.30. The average Bonchev–Trinajstić information content (AvgIpc) is 2.50. The van der Waals surface area contributed by atoms with Crippen LogP contribution in [0.3, 0.4) is 0 Å². The predicted octanol–water partition coefficient (Wildman–Crippen LogP) is 2.33. The molecule has 5 N–H and O–H groups in total. The first kappa shape index (κ1) is 15.6. The van der Waals surface area contributed by atoms with Crippen LogP contribution >= 0.6 is 15.9 Å². The fourth-order valence-corrected chi connectivity index (χ4v) is 2.89. The number of nitrogens with one attached hydrogen (secondary N) is 1. The van der Waals surface area contributed by atoms with E-state index in [-0.39, 0.29) is 17.5 Å². The molecule has 6 nitrogen and oxygen atoms in total. The number of hydrogen-bond acceptors (Lipinski definition) is 4. The third-order valence-electron chi connectivity index (χ3n) is 3.87. The number of benzene rings is 1. The van der Waals surface area contributed by atoms with Crippen molar-refractivity contribution in [3.05, 3.63) is 28.2 Å². The molecule has 1 aliphatic rings. The maximum Gasteiger partial charge on any atom is 0.252 e. The van der Waals surface area contributed by atoms with Gasteiger partial charge in [-0.1, -0.05) is 24.4 Å². The smallest absolute Gasteiger partial charge is 0.252 e. The van der Waals surface area contributed by atoms with E-state index in [9.17, 15) is 9.90 Å². The summed E-state index contributed by atoms with van der Waals surface area (Å²) >= 11 is 3.17. The van der Waals surface area contributed by atoms with E-state index < -0.39 is 5.54 Å². The van der Waals surface area contributed by atoms with Crippen LogP contribution in [0.4, 0.5) is 0 Å². The second kappa shape index (κ2) is 6.34. The van der Waals surface area contributed by atoms with Gasteiger partial charge in [0.1, 0.15) is 11.3 Å². The maximum absolute atomic E-state index is 12.4. The number of carbonyl (C=O) groups excluding carboxylic acids is 1. The number of hydrogen-bond donors (Lipinski definition) is 4. The van der Waals surface area contributed by atoms with Gasteiger partial charge in [-0.3, -0.25) is 4.79 Å². The minimum absolute atomic E-state index is 0.0101. The van der Waals surface area contributed by atoms with E-state index >= 15 is 0 Å². The van der Waals surface area contributed by atoms with E-state index in [2.05, 4.69) is 26.4 Å². The van der Waals surface area contributed by atoms with E-state index in [1.54, 1.807) is 12.1 Å². The number of amidine groups is 1. The molecule has 2 rings (SSSR count). The molecule has 0 unspecified atom stereocenters. The zero-order chi connectivity index (χ0) is 15.5. The van der Waals surface area contributed by atoms with E-state index in [1.165, 1.54) is 6.07 Å². The standard InChI is InChI=1S/C14H18BrN3O3/c15-10-5-4-9(8-11(10)19)12(20)17-14(13(16)18-21)6-2-1-3-7-14/h4-5,8,19,21H,1-3,6-7H2,(H2,16,18)(H,17,20). The number of oxime groups is 1. The Bertz CT molecular complexity index is 569. The minimum atomic E-state index is -0.813. The fourth-order valence-electron chi connectivity index (χ4n) is 2.64. The number of phenols is 1. The van der Waals surface area contributed by atoms with Crippen molar-refractivity contribution in [2.45, 2.75) is 37.6 Å². The molecule has 0 atom stereocenters. The van der Waals surface area contributed by atoms with Crippen molar-refractivity contribution in [2.24, 2.45) is 10.9 Å². The first-order valence-electron chi connectivity index (χ1n) is 6.77. The molecular formula is C14H18BrN3O3. The predicted molar refractivity (Wildman–Crippen MR) is 82.5 cm³/mol. The average molecular weight is 356 g/mol. The molecule has 0 aliphatic heterocycles. The fraction of sp³-hybridized carbons (Fsp3) is 0.429. The van der Waals surface area contributed by atoms with Crippen LogP contribution in [0.25, 0.3) is 0 Å². The Morgan fingerprint density at radius 2 is 2.00 bits per heavy atom. The molecule has 114 valence electrons. The van der Waals surface area contributed by atoms with E-state index in [0.29, 0.717) is 22.9 Å². The molecule has 1 saturated carbocycles. The monoisotopic (exact) mass is 355 g/mol. The Hall–Kier alpha value is -1.76. The Kier molecular flexibility index (Phi) is 4.72. The number of aromatic hydroxyl groups is 1. The zero-order valence-corrected chi connectivity index (χ0v) is 13.1. The zero-order valence-electron chi connectivity index (χ0n) is 11.5. The molecule has 1 amide bonds. The van der Waals surface area contributed by atoms with Gasteiger partial charge in [-0.2, -0.15) is 0 Å². The molecule has 0 bridgehead atoms. The number of phenolic OH excluding ortho intramolecular Hbond substituents is 1. The summed E-state index contributed by atoms with van der Waals surface area (Å²) in [5.41, 5.74) is 5.30. The van der Waals surface area contributed by atoms with Crippen LogP contribution in [0.2, 0.25) is 0 Å². The van der Waals surface area contributed by atoms with Gasteiger partial charge in [0.25, 0.3) is 5.91 Å². The summed E-state index contributed by atoms with van der Waals surface area (Å²) in [5.74, 6) is -0.340. The molecule has 1 aromatic rings. The summed E-state index contributed by atoms with van der Waals surface area (Å²) in [4.78, 5) is 12.4. The van der Waals surface area contributed by atoms with E-state index in [4.69, 9.17) is 10.9 Å². The van der Waals surface area contributed by atoms with Crippen LogP contribution in [0.15, 0.2) is 27.8 Å². The Morgan fingerprint density at radius 3 is 2.57 bits per heavy atom. The summed E-state index contributed by atoms with van der Waals surface area (Å²) in [6, 6.07) is 4.57. The number of halogens is 1. The topological polar surface area (TPSA) is 108 Å². The molecular weight excluding hydrogens is 338 g/mol. The van der Waals surface area contributed by atoms with Crippen molar-refractivity contribution in [1.82, 2.24) is 5.32 Å². The molecule has 7 heteroatoms. The van der Waals surface area contributed by atoms with Crippen LogP contribution in [0, 0.1) is 0 Å². The number of amides is 1. The first-order chi connectivity index (χ1) is 9.98. The lowest BCUT2D eigenvalue weighted by atomic mass is 9.80. The summed E-state index contributed by atoms with van der Waals surface area (Å²) in [5, 5.41) is 24.6. The maximum atomic E-state index is 12.4. The van der Waals surface area contributed by atoms with Crippen LogP contribution in [0.1, 0.15) is 42.5 Å². The largest absolute Gasteiger partial charge is 0.507 e. The van der Waals surface area contributed by atoms with Gasteiger partial charge in [0, 0.05) is 5.56 Å². The summed E-state index contributed by atoms with van der Waals surface area (Å²) in [7, 11) is 0. The van der Waals surface area contributed by atoms with E-state index in [0.717, 1.165) is 19.3 Å². The third-order valence-corrected chi connectivity index (χ3v) is 4.54. The van der Waals surface area contributed by atoms with Crippen LogP contribution in [-0.4, -0.2) is 27.6 Å². The van der Waals surface area contributed by atoms with Crippen LogP contribution < -0.4 is 11.1 Å². The van der Waals surface area contributed by atoms with Crippen molar-refractivity contribution in [3.63, 3.8) is 0 Å². The van der Waals surface area contributed by atoms with Crippen molar-refractivity contribution in [1.29, 1.82) is 0 Å². The molecule has 0 radical (unpaired) electrons.